The van der Waals surface area contributed by atoms with Crippen LogP contribution >= 0.6 is 0 Å². The molecule has 0 bridgehead atoms. The van der Waals surface area contributed by atoms with E-state index in [1.807, 2.05) is 36.4 Å². The molecule has 0 saturated carbocycles. The van der Waals surface area contributed by atoms with Crippen molar-refractivity contribution in [3.05, 3.63) is 48.0 Å². The van der Waals surface area contributed by atoms with E-state index in [-0.39, 0.29) is 18.6 Å². The van der Waals surface area contributed by atoms with Crippen molar-refractivity contribution in [2.75, 3.05) is 7.11 Å². The van der Waals surface area contributed by atoms with E-state index in [1.165, 1.54) is 7.11 Å². The van der Waals surface area contributed by atoms with Crippen LogP contribution in [0.2, 0.25) is 0 Å². The fraction of sp³-hybridized carbons (Fsp3) is 0.333. The molecule has 1 N–H and O–H groups in total. The van der Waals surface area contributed by atoms with Crippen LogP contribution in [0.25, 0.3) is 0 Å². The second-order valence-corrected chi connectivity index (χ2v) is 4.18. The number of aliphatic hydroxyl groups is 1. The van der Waals surface area contributed by atoms with E-state index in [9.17, 15) is 14.7 Å². The highest BCUT2D eigenvalue weighted by Gasteiger charge is 2.12. The van der Waals surface area contributed by atoms with Gasteiger partial charge in [-0.05, 0) is 12.0 Å². The van der Waals surface area contributed by atoms with Gasteiger partial charge in [-0.3, -0.25) is 9.59 Å². The van der Waals surface area contributed by atoms with E-state index >= 15 is 0 Å². The lowest BCUT2D eigenvalue weighted by Gasteiger charge is -2.04. The Morgan fingerprint density at radius 2 is 2.00 bits per heavy atom. The zero-order valence-electron chi connectivity index (χ0n) is 10.9. The van der Waals surface area contributed by atoms with Crippen molar-refractivity contribution in [1.29, 1.82) is 0 Å². The summed E-state index contributed by atoms with van der Waals surface area (Å²) in [5, 5.41) is 9.62. The van der Waals surface area contributed by atoms with Crippen molar-refractivity contribution in [2.24, 2.45) is 0 Å². The first-order valence-corrected chi connectivity index (χ1v) is 6.09. The lowest BCUT2D eigenvalue weighted by Crippen LogP contribution is -2.15. The predicted molar refractivity (Wildman–Crippen MR) is 71.5 cm³/mol. The molecule has 0 aliphatic carbocycles. The van der Waals surface area contributed by atoms with Crippen molar-refractivity contribution >= 4 is 11.8 Å². The van der Waals surface area contributed by atoms with Gasteiger partial charge in [0.2, 0.25) is 0 Å². The first-order chi connectivity index (χ1) is 9.11. The minimum Gasteiger partial charge on any atom is -0.469 e. The molecule has 1 atom stereocenters. The summed E-state index contributed by atoms with van der Waals surface area (Å²) < 4.78 is 4.38. The summed E-state index contributed by atoms with van der Waals surface area (Å²) in [7, 11) is 1.23. The van der Waals surface area contributed by atoms with E-state index in [1.54, 1.807) is 6.08 Å². The molecule has 4 heteroatoms. The summed E-state index contributed by atoms with van der Waals surface area (Å²) in [6, 6.07) is 9.80. The van der Waals surface area contributed by atoms with Gasteiger partial charge in [0.05, 0.1) is 13.2 Å². The number of benzene rings is 1. The first-order valence-electron chi connectivity index (χ1n) is 6.09. The molecule has 0 amide bonds. The number of ketones is 1. The number of methoxy groups -OCH3 is 1. The highest BCUT2D eigenvalue weighted by Crippen LogP contribution is 2.03. The van der Waals surface area contributed by atoms with E-state index in [0.29, 0.717) is 6.42 Å². The molecule has 1 aromatic carbocycles. The maximum Gasteiger partial charge on any atom is 0.313 e. The number of allylic oxidation sites excluding steroid dienone is 1. The molecule has 102 valence electrons. The van der Waals surface area contributed by atoms with E-state index in [4.69, 9.17) is 0 Å². The second kappa shape index (κ2) is 8.21. The third kappa shape index (κ3) is 6.52. The van der Waals surface area contributed by atoms with Crippen molar-refractivity contribution in [3.63, 3.8) is 0 Å². The SMILES string of the molecule is COC(=O)CC(=O)CC(O)C=CCc1ccccc1. The maximum absolute atomic E-state index is 11.4. The van der Waals surface area contributed by atoms with E-state index in [0.717, 1.165) is 5.56 Å². The van der Waals surface area contributed by atoms with Crippen LogP contribution in [-0.4, -0.2) is 30.1 Å². The quantitative estimate of drug-likeness (QED) is 0.461. The molecule has 1 unspecified atom stereocenters. The molecule has 1 aromatic rings. The van der Waals surface area contributed by atoms with Crippen LogP contribution in [0.1, 0.15) is 18.4 Å². The number of aliphatic hydroxyl groups excluding tert-OH is 1. The topological polar surface area (TPSA) is 63.6 Å². The third-order valence-corrected chi connectivity index (χ3v) is 2.56. The minimum atomic E-state index is -0.860. The van der Waals surface area contributed by atoms with Gasteiger partial charge in [-0.2, -0.15) is 0 Å². The van der Waals surface area contributed by atoms with Crippen molar-refractivity contribution in [2.45, 2.75) is 25.4 Å². The van der Waals surface area contributed by atoms with Crippen molar-refractivity contribution < 1.29 is 19.4 Å². The molecular formula is C15H18O4. The summed E-state index contributed by atoms with van der Waals surface area (Å²) in [6.45, 7) is 0. The second-order valence-electron chi connectivity index (χ2n) is 4.18. The Hall–Kier alpha value is -1.94. The Kier molecular flexibility index (Phi) is 6.53. The number of Topliss-reactive ketones (excluding diaryl/α,β-unsaturated/α-hetero) is 1. The average molecular weight is 262 g/mol. The van der Waals surface area contributed by atoms with Crippen LogP contribution in [0.5, 0.6) is 0 Å². The molecule has 0 spiro atoms. The molecule has 0 heterocycles. The summed E-state index contributed by atoms with van der Waals surface area (Å²) >= 11 is 0. The highest BCUT2D eigenvalue weighted by molar-refractivity contribution is 5.95. The van der Waals surface area contributed by atoms with Gasteiger partial charge in [0, 0.05) is 6.42 Å². The fourth-order valence-corrected chi connectivity index (χ4v) is 1.58. The monoisotopic (exact) mass is 262 g/mol. The van der Waals surface area contributed by atoms with Gasteiger partial charge in [0.15, 0.2) is 0 Å². The Balaban J connectivity index is 2.32. The number of rotatable bonds is 7. The Labute approximate surface area is 112 Å². The van der Waals surface area contributed by atoms with E-state index in [2.05, 4.69) is 4.74 Å². The zero-order valence-corrected chi connectivity index (χ0v) is 10.9. The van der Waals surface area contributed by atoms with E-state index < -0.39 is 12.1 Å². The third-order valence-electron chi connectivity index (χ3n) is 2.56. The highest BCUT2D eigenvalue weighted by atomic mass is 16.5. The minimum absolute atomic E-state index is 0.0691. The standard InChI is InChI=1S/C15H18O4/c1-19-15(18)11-14(17)10-13(16)9-5-8-12-6-3-2-4-7-12/h2-7,9,13,16H,8,10-11H2,1H3. The van der Waals surface area contributed by atoms with Gasteiger partial charge in [0.1, 0.15) is 12.2 Å². The zero-order chi connectivity index (χ0) is 14.1. The predicted octanol–water partition coefficient (Wildman–Crippen LogP) is 1.67. The smallest absolute Gasteiger partial charge is 0.313 e. The van der Waals surface area contributed by atoms with Gasteiger partial charge < -0.3 is 9.84 Å². The molecular weight excluding hydrogens is 244 g/mol. The summed E-state index contributed by atoms with van der Waals surface area (Å²) in [4.78, 5) is 22.2. The number of hydrogen-bond donors (Lipinski definition) is 1. The molecule has 19 heavy (non-hydrogen) atoms. The summed E-state index contributed by atoms with van der Waals surface area (Å²) in [5.41, 5.74) is 1.13. The lowest BCUT2D eigenvalue weighted by atomic mass is 10.1. The Morgan fingerprint density at radius 3 is 2.63 bits per heavy atom. The largest absolute Gasteiger partial charge is 0.469 e. The molecule has 0 radical (unpaired) electrons. The van der Waals surface area contributed by atoms with Crippen LogP contribution in [0.3, 0.4) is 0 Å². The van der Waals surface area contributed by atoms with Crippen LogP contribution < -0.4 is 0 Å². The van der Waals surface area contributed by atoms with Crippen molar-refractivity contribution in [3.8, 4) is 0 Å². The molecule has 0 aliphatic heterocycles. The molecule has 4 nitrogen and oxygen atoms in total. The van der Waals surface area contributed by atoms with Crippen LogP contribution in [-0.2, 0) is 20.7 Å². The Morgan fingerprint density at radius 1 is 1.32 bits per heavy atom. The maximum atomic E-state index is 11.4. The number of ether oxygens (including phenoxy) is 1. The number of hydrogen-bond acceptors (Lipinski definition) is 4. The first kappa shape index (κ1) is 15.1. The molecule has 0 fully saturated rings. The molecule has 0 saturated heterocycles. The van der Waals surface area contributed by atoms with Crippen LogP contribution in [0, 0.1) is 0 Å². The van der Waals surface area contributed by atoms with Gasteiger partial charge in [-0.1, -0.05) is 42.5 Å². The molecule has 0 aliphatic rings. The van der Waals surface area contributed by atoms with Gasteiger partial charge in [-0.15, -0.1) is 0 Å². The number of esters is 1. The van der Waals surface area contributed by atoms with Gasteiger partial charge in [0.25, 0.3) is 0 Å². The van der Waals surface area contributed by atoms with Crippen molar-refractivity contribution in [1.82, 2.24) is 0 Å². The van der Waals surface area contributed by atoms with Gasteiger partial charge in [-0.25, -0.2) is 0 Å². The lowest BCUT2D eigenvalue weighted by molar-refractivity contribution is -0.143. The summed E-state index contributed by atoms with van der Waals surface area (Å²) in [5.74, 6) is -0.908. The normalized spacial score (nSPS) is 12.3. The number of carbonyl (C=O) groups excluding carboxylic acids is 2. The average Bonchev–Trinajstić information content (AvgIpc) is 2.39. The summed E-state index contributed by atoms with van der Waals surface area (Å²) in [6.07, 6.45) is 2.86. The Bertz CT molecular complexity index is 437. The van der Waals surface area contributed by atoms with Crippen LogP contribution in [0.15, 0.2) is 42.5 Å². The fourth-order valence-electron chi connectivity index (χ4n) is 1.58. The molecule has 1 rings (SSSR count). The number of carbonyl (C=O) groups is 2. The van der Waals surface area contributed by atoms with Crippen LogP contribution in [0.4, 0.5) is 0 Å². The van der Waals surface area contributed by atoms with Gasteiger partial charge >= 0.3 is 5.97 Å². The molecule has 0 aromatic heterocycles.